The van der Waals surface area contributed by atoms with Crippen molar-refractivity contribution >= 4 is 11.3 Å². The van der Waals surface area contributed by atoms with Gasteiger partial charge in [-0.1, -0.05) is 0 Å². The summed E-state index contributed by atoms with van der Waals surface area (Å²) in [5.41, 5.74) is 3.98. The summed E-state index contributed by atoms with van der Waals surface area (Å²) in [6.07, 6.45) is 12.3. The van der Waals surface area contributed by atoms with Crippen LogP contribution in [0, 0.1) is 17.2 Å². The smallest absolute Gasteiger partial charge is 0.177 e. The first-order chi connectivity index (χ1) is 14.2. The monoisotopic (exact) mass is 388 g/mol. The van der Waals surface area contributed by atoms with Gasteiger partial charge in [-0.05, 0) is 31.7 Å². The fourth-order valence-electron chi connectivity index (χ4n) is 5.49. The Kier molecular flexibility index (Phi) is 3.68. The van der Waals surface area contributed by atoms with Gasteiger partial charge in [-0.25, -0.2) is 9.50 Å². The molecule has 6 rings (SSSR count). The van der Waals surface area contributed by atoms with Crippen molar-refractivity contribution in [1.29, 1.82) is 5.26 Å². The van der Waals surface area contributed by atoms with Gasteiger partial charge in [-0.15, -0.1) is 0 Å². The third-order valence-electron chi connectivity index (χ3n) is 6.94. The van der Waals surface area contributed by atoms with Crippen LogP contribution in [0.3, 0.4) is 0 Å². The van der Waals surface area contributed by atoms with Gasteiger partial charge in [-0.3, -0.25) is 9.58 Å². The number of aryl methyl sites for hydroxylation is 1. The number of fused-ring (bicyclic) bond motifs is 3. The summed E-state index contributed by atoms with van der Waals surface area (Å²) >= 11 is 0. The van der Waals surface area contributed by atoms with E-state index in [-0.39, 0.29) is 5.92 Å². The van der Waals surface area contributed by atoms with E-state index in [0.717, 1.165) is 48.5 Å². The summed E-state index contributed by atoms with van der Waals surface area (Å²) in [5.74, 6) is 0.271. The topological polar surface area (TPSA) is 78.3 Å². The van der Waals surface area contributed by atoms with E-state index in [1.807, 2.05) is 36.4 Å². The first-order valence-corrected chi connectivity index (χ1v) is 10.4. The average Bonchev–Trinajstić information content (AvgIpc) is 3.37. The Morgan fingerprint density at radius 1 is 1.07 bits per heavy atom. The van der Waals surface area contributed by atoms with E-state index in [9.17, 15) is 0 Å². The first kappa shape index (κ1) is 17.0. The normalized spacial score (nSPS) is 29.2. The number of piperazine rings is 1. The van der Waals surface area contributed by atoms with Gasteiger partial charge < -0.3 is 4.90 Å². The zero-order valence-corrected chi connectivity index (χ0v) is 16.5. The molecule has 148 valence electrons. The van der Waals surface area contributed by atoms with E-state index in [4.69, 9.17) is 10.2 Å². The molecule has 2 aliphatic heterocycles. The lowest BCUT2D eigenvalue weighted by Gasteiger charge is -2.49. The molecule has 0 amide bonds. The third kappa shape index (κ3) is 2.64. The highest BCUT2D eigenvalue weighted by Crippen LogP contribution is 2.41. The van der Waals surface area contributed by atoms with Gasteiger partial charge in [0.15, 0.2) is 5.65 Å². The highest BCUT2D eigenvalue weighted by molar-refractivity contribution is 5.73. The van der Waals surface area contributed by atoms with Crippen molar-refractivity contribution in [2.45, 2.75) is 43.8 Å². The second-order valence-corrected chi connectivity index (χ2v) is 8.70. The molecule has 0 aromatic carbocycles. The van der Waals surface area contributed by atoms with Crippen molar-refractivity contribution in [3.63, 3.8) is 0 Å². The maximum Gasteiger partial charge on any atom is 0.177 e. The molecule has 8 heteroatoms. The van der Waals surface area contributed by atoms with Crippen LogP contribution in [0.4, 0.5) is 5.69 Å². The average molecular weight is 388 g/mol. The van der Waals surface area contributed by atoms with Gasteiger partial charge in [0.25, 0.3) is 0 Å². The number of hydrogen-bond acceptors (Lipinski definition) is 6. The molecule has 2 bridgehead atoms. The van der Waals surface area contributed by atoms with Crippen LogP contribution in [0.1, 0.15) is 25.7 Å². The molecule has 1 saturated carbocycles. The molecule has 3 fully saturated rings. The van der Waals surface area contributed by atoms with Crippen LogP contribution in [0.25, 0.3) is 16.9 Å². The maximum absolute atomic E-state index is 9.13. The highest BCUT2D eigenvalue weighted by atomic mass is 15.4. The van der Waals surface area contributed by atoms with Crippen molar-refractivity contribution in [2.24, 2.45) is 13.0 Å². The second kappa shape index (κ2) is 6.29. The number of rotatable bonds is 3. The molecule has 2 saturated heterocycles. The second-order valence-electron chi connectivity index (χ2n) is 8.70. The molecule has 2 atom stereocenters. The van der Waals surface area contributed by atoms with Crippen LogP contribution in [0.5, 0.6) is 0 Å². The van der Waals surface area contributed by atoms with Crippen molar-refractivity contribution in [1.82, 2.24) is 29.3 Å². The number of hydrogen-bond donors (Lipinski definition) is 0. The Morgan fingerprint density at radius 2 is 1.86 bits per heavy atom. The molecular weight excluding hydrogens is 364 g/mol. The maximum atomic E-state index is 9.13. The third-order valence-corrected chi connectivity index (χ3v) is 6.94. The lowest BCUT2D eigenvalue weighted by molar-refractivity contribution is 0.0439. The molecule has 8 nitrogen and oxygen atoms in total. The largest absolute Gasteiger partial charge is 0.365 e. The zero-order valence-electron chi connectivity index (χ0n) is 16.5. The van der Waals surface area contributed by atoms with E-state index in [0.29, 0.717) is 18.1 Å². The van der Waals surface area contributed by atoms with Crippen molar-refractivity contribution in [3.05, 3.63) is 30.9 Å². The minimum atomic E-state index is 0.271. The molecule has 0 N–H and O–H groups in total. The van der Waals surface area contributed by atoms with Gasteiger partial charge >= 0.3 is 0 Å². The minimum Gasteiger partial charge on any atom is -0.365 e. The van der Waals surface area contributed by atoms with Crippen LogP contribution in [0.2, 0.25) is 0 Å². The fourth-order valence-corrected chi connectivity index (χ4v) is 5.49. The van der Waals surface area contributed by atoms with Gasteiger partial charge in [0.2, 0.25) is 0 Å². The lowest BCUT2D eigenvalue weighted by Crippen LogP contribution is -2.60. The van der Waals surface area contributed by atoms with Crippen LogP contribution < -0.4 is 4.90 Å². The predicted molar refractivity (Wildman–Crippen MR) is 108 cm³/mol. The van der Waals surface area contributed by atoms with Crippen LogP contribution >= 0.6 is 0 Å². The number of nitriles is 1. The van der Waals surface area contributed by atoms with E-state index in [1.54, 1.807) is 4.68 Å². The molecule has 0 unspecified atom stereocenters. The number of anilines is 1. The standard InChI is InChI=1S/C21H24N8/c1-26-10-15(9-24-26)19-13-28-21(25-19)20(4-5-23-28)27-11-16-2-3-17(12-27)29(16)18-6-14(7-18)8-22/h4-5,9-10,13-14,16-18H,2-3,6-7,11-12H2,1H3/t14?,16-,17-,18?/m0/s1. The Morgan fingerprint density at radius 3 is 2.55 bits per heavy atom. The molecule has 5 heterocycles. The van der Waals surface area contributed by atoms with Gasteiger partial charge in [0.05, 0.1) is 36.0 Å². The van der Waals surface area contributed by atoms with E-state index in [2.05, 4.69) is 32.1 Å². The Labute approximate surface area is 169 Å². The fraction of sp³-hybridized carbons (Fsp3) is 0.524. The summed E-state index contributed by atoms with van der Waals surface area (Å²) in [7, 11) is 1.92. The van der Waals surface area contributed by atoms with Gasteiger partial charge in [0.1, 0.15) is 0 Å². The summed E-state index contributed by atoms with van der Waals surface area (Å²) in [5, 5.41) is 17.9. The zero-order chi connectivity index (χ0) is 19.5. The minimum absolute atomic E-state index is 0.271. The molecule has 3 aliphatic rings. The van der Waals surface area contributed by atoms with E-state index < -0.39 is 0 Å². The van der Waals surface area contributed by atoms with Crippen LogP contribution in [-0.4, -0.2) is 60.5 Å². The Bertz CT molecular complexity index is 1090. The summed E-state index contributed by atoms with van der Waals surface area (Å²) < 4.78 is 3.68. The summed E-state index contributed by atoms with van der Waals surface area (Å²) in [4.78, 5) is 10.1. The number of nitrogens with zero attached hydrogens (tertiary/aromatic N) is 8. The summed E-state index contributed by atoms with van der Waals surface area (Å²) in [6.45, 7) is 2.05. The van der Waals surface area contributed by atoms with Crippen molar-refractivity contribution in [2.75, 3.05) is 18.0 Å². The van der Waals surface area contributed by atoms with Crippen LogP contribution in [0.15, 0.2) is 30.9 Å². The molecule has 3 aromatic rings. The predicted octanol–water partition coefficient (Wildman–Crippen LogP) is 2.08. The number of aromatic nitrogens is 5. The first-order valence-electron chi connectivity index (χ1n) is 10.4. The van der Waals surface area contributed by atoms with Crippen molar-refractivity contribution in [3.8, 4) is 17.3 Å². The van der Waals surface area contributed by atoms with Gasteiger partial charge in [0, 0.05) is 55.9 Å². The summed E-state index contributed by atoms with van der Waals surface area (Å²) in [6, 6.07) is 6.31. The van der Waals surface area contributed by atoms with Crippen LogP contribution in [-0.2, 0) is 7.05 Å². The Hall–Kier alpha value is -2.92. The van der Waals surface area contributed by atoms with Crippen molar-refractivity contribution < 1.29 is 0 Å². The molecule has 29 heavy (non-hydrogen) atoms. The molecule has 0 radical (unpaired) electrons. The quantitative estimate of drug-likeness (QED) is 0.684. The lowest BCUT2D eigenvalue weighted by atomic mass is 9.79. The number of imidazole rings is 1. The van der Waals surface area contributed by atoms with Gasteiger partial charge in [-0.2, -0.15) is 15.5 Å². The molecule has 3 aromatic heterocycles. The molecular formula is C21H24N8. The highest BCUT2D eigenvalue weighted by Gasteiger charge is 2.47. The molecule has 1 aliphatic carbocycles. The SMILES string of the molecule is Cn1cc(-c2cn3nccc(N4C[C@@H]5CC[C@@H](C4)N5C4CC(C#N)C4)c3n2)cn1. The van der Waals surface area contributed by atoms with E-state index in [1.165, 1.54) is 12.8 Å². The Balaban J connectivity index is 1.28. The van der Waals surface area contributed by atoms with E-state index >= 15 is 0 Å². The molecule has 0 spiro atoms.